The van der Waals surface area contributed by atoms with Gasteiger partial charge in [-0.15, -0.1) is 0 Å². The molecular formula is C16H27N. The lowest BCUT2D eigenvalue weighted by molar-refractivity contribution is 0.585. The first-order chi connectivity index (χ1) is 8.13. The lowest BCUT2D eigenvalue weighted by Crippen LogP contribution is -2.23. The molecule has 1 heteroatoms. The Balaban J connectivity index is 2.35. The molecule has 0 aromatic rings. The second kappa shape index (κ2) is 7.37. The Morgan fingerprint density at radius 2 is 2.06 bits per heavy atom. The fraction of sp³-hybridized carbons (Fsp3) is 0.625. The summed E-state index contributed by atoms with van der Waals surface area (Å²) in [5.41, 5.74) is 2.49. The van der Waals surface area contributed by atoms with Crippen LogP contribution >= 0.6 is 0 Å². The zero-order valence-electron chi connectivity index (χ0n) is 11.6. The van der Waals surface area contributed by atoms with Crippen molar-refractivity contribution in [1.29, 1.82) is 0 Å². The molecule has 0 bridgehead atoms. The summed E-state index contributed by atoms with van der Waals surface area (Å²) < 4.78 is 0. The summed E-state index contributed by atoms with van der Waals surface area (Å²) >= 11 is 0. The molecule has 0 aliphatic heterocycles. The van der Waals surface area contributed by atoms with Crippen molar-refractivity contribution in [2.24, 2.45) is 5.92 Å². The molecule has 1 atom stereocenters. The molecule has 1 fully saturated rings. The van der Waals surface area contributed by atoms with E-state index in [2.05, 4.69) is 50.9 Å². The first-order valence-corrected chi connectivity index (χ1v) is 6.93. The highest BCUT2D eigenvalue weighted by atomic mass is 14.9. The number of rotatable bonds is 6. The SMILES string of the molecule is C=C(/C=C\C=C(/C)NC1CCCC1)C(C)CC. The van der Waals surface area contributed by atoms with Crippen LogP contribution in [0.1, 0.15) is 52.9 Å². The second-order valence-corrected chi connectivity index (χ2v) is 5.22. The summed E-state index contributed by atoms with van der Waals surface area (Å²) in [6, 6.07) is 0.706. The standard InChI is InChI=1S/C16H27N/c1-5-13(2)14(3)9-8-10-15(4)17-16-11-6-7-12-16/h8-10,13,16-17H,3,5-7,11-12H2,1-2,4H3/b9-8-,15-10+. The van der Waals surface area contributed by atoms with Gasteiger partial charge in [0, 0.05) is 11.7 Å². The molecule has 0 heterocycles. The third-order valence-electron chi connectivity index (χ3n) is 3.69. The minimum Gasteiger partial charge on any atom is -0.386 e. The van der Waals surface area contributed by atoms with Gasteiger partial charge in [-0.05, 0) is 38.2 Å². The minimum absolute atomic E-state index is 0.586. The number of hydrogen-bond acceptors (Lipinski definition) is 1. The van der Waals surface area contributed by atoms with Gasteiger partial charge in [0.05, 0.1) is 0 Å². The molecule has 1 unspecified atom stereocenters. The molecule has 0 aromatic carbocycles. The summed E-state index contributed by atoms with van der Waals surface area (Å²) in [6.45, 7) is 10.7. The van der Waals surface area contributed by atoms with Crippen LogP contribution in [0.5, 0.6) is 0 Å². The van der Waals surface area contributed by atoms with Crippen LogP contribution in [0.25, 0.3) is 0 Å². The molecule has 17 heavy (non-hydrogen) atoms. The quantitative estimate of drug-likeness (QED) is 0.662. The van der Waals surface area contributed by atoms with Gasteiger partial charge < -0.3 is 5.32 Å². The van der Waals surface area contributed by atoms with Crippen LogP contribution in [-0.2, 0) is 0 Å². The van der Waals surface area contributed by atoms with Gasteiger partial charge in [0.2, 0.25) is 0 Å². The lowest BCUT2D eigenvalue weighted by Gasteiger charge is -2.13. The van der Waals surface area contributed by atoms with Crippen LogP contribution in [0, 0.1) is 5.92 Å². The molecule has 1 rings (SSSR count). The van der Waals surface area contributed by atoms with Crippen LogP contribution in [0.15, 0.2) is 36.1 Å². The number of hydrogen-bond donors (Lipinski definition) is 1. The third kappa shape index (κ3) is 5.25. The van der Waals surface area contributed by atoms with Gasteiger partial charge in [0.1, 0.15) is 0 Å². The topological polar surface area (TPSA) is 12.0 Å². The third-order valence-corrected chi connectivity index (χ3v) is 3.69. The van der Waals surface area contributed by atoms with Crippen LogP contribution in [0.2, 0.25) is 0 Å². The monoisotopic (exact) mass is 233 g/mol. The van der Waals surface area contributed by atoms with E-state index in [1.54, 1.807) is 0 Å². The molecule has 96 valence electrons. The fourth-order valence-electron chi connectivity index (χ4n) is 2.18. The van der Waals surface area contributed by atoms with E-state index in [-0.39, 0.29) is 0 Å². The molecule has 1 nitrogen and oxygen atoms in total. The van der Waals surface area contributed by atoms with Crippen LogP contribution in [0.4, 0.5) is 0 Å². The Bertz CT molecular complexity index is 293. The number of allylic oxidation sites excluding steroid dienone is 5. The van der Waals surface area contributed by atoms with E-state index in [0.717, 1.165) is 6.42 Å². The summed E-state index contributed by atoms with van der Waals surface area (Å²) in [7, 11) is 0. The molecule has 1 N–H and O–H groups in total. The zero-order chi connectivity index (χ0) is 12.7. The van der Waals surface area contributed by atoms with Crippen molar-refractivity contribution in [3.8, 4) is 0 Å². The van der Waals surface area contributed by atoms with Crippen LogP contribution < -0.4 is 5.32 Å². The van der Waals surface area contributed by atoms with Crippen LogP contribution in [-0.4, -0.2) is 6.04 Å². The number of nitrogens with one attached hydrogen (secondary N) is 1. The van der Waals surface area contributed by atoms with Gasteiger partial charge in [0.15, 0.2) is 0 Å². The first kappa shape index (κ1) is 14.1. The molecule has 0 spiro atoms. The largest absolute Gasteiger partial charge is 0.386 e. The summed E-state index contributed by atoms with van der Waals surface area (Å²) in [6.07, 6.45) is 13.0. The lowest BCUT2D eigenvalue weighted by atomic mass is 10.00. The van der Waals surface area contributed by atoms with Crippen molar-refractivity contribution in [1.82, 2.24) is 5.32 Å². The van der Waals surface area contributed by atoms with E-state index < -0.39 is 0 Å². The van der Waals surface area contributed by atoms with Gasteiger partial charge in [-0.3, -0.25) is 0 Å². The van der Waals surface area contributed by atoms with Crippen molar-refractivity contribution in [2.75, 3.05) is 0 Å². The maximum absolute atomic E-state index is 4.09. The molecule has 0 saturated heterocycles. The molecule has 1 saturated carbocycles. The van der Waals surface area contributed by atoms with Crippen LogP contribution in [0.3, 0.4) is 0 Å². The molecule has 1 aliphatic carbocycles. The Morgan fingerprint density at radius 1 is 1.41 bits per heavy atom. The highest BCUT2D eigenvalue weighted by Gasteiger charge is 2.13. The predicted octanol–water partition coefficient (Wildman–Crippen LogP) is 4.58. The minimum atomic E-state index is 0.586. The Kier molecular flexibility index (Phi) is 6.10. The molecule has 1 aliphatic rings. The molecule has 0 amide bonds. The molecular weight excluding hydrogens is 206 g/mol. The fourth-order valence-corrected chi connectivity index (χ4v) is 2.18. The second-order valence-electron chi connectivity index (χ2n) is 5.22. The van der Waals surface area contributed by atoms with Gasteiger partial charge in [0.25, 0.3) is 0 Å². The summed E-state index contributed by atoms with van der Waals surface area (Å²) in [4.78, 5) is 0. The first-order valence-electron chi connectivity index (χ1n) is 6.93. The Labute approximate surface area is 107 Å². The molecule has 0 radical (unpaired) electrons. The Morgan fingerprint density at radius 3 is 2.65 bits per heavy atom. The zero-order valence-corrected chi connectivity index (χ0v) is 11.6. The average Bonchev–Trinajstić information content (AvgIpc) is 2.80. The molecule has 0 aromatic heterocycles. The Hall–Kier alpha value is -0.980. The van der Waals surface area contributed by atoms with Gasteiger partial charge in [-0.25, -0.2) is 0 Å². The smallest absolute Gasteiger partial charge is 0.0258 e. The van der Waals surface area contributed by atoms with E-state index in [4.69, 9.17) is 0 Å². The van der Waals surface area contributed by atoms with Gasteiger partial charge >= 0.3 is 0 Å². The highest BCUT2D eigenvalue weighted by Crippen LogP contribution is 2.18. The van der Waals surface area contributed by atoms with E-state index in [1.165, 1.54) is 37.0 Å². The summed E-state index contributed by atoms with van der Waals surface area (Å²) in [5.74, 6) is 0.586. The maximum atomic E-state index is 4.09. The van der Waals surface area contributed by atoms with E-state index in [1.807, 2.05) is 0 Å². The van der Waals surface area contributed by atoms with Crippen molar-refractivity contribution in [3.05, 3.63) is 36.1 Å². The van der Waals surface area contributed by atoms with Crippen molar-refractivity contribution >= 4 is 0 Å². The summed E-state index contributed by atoms with van der Waals surface area (Å²) in [5, 5.41) is 3.58. The van der Waals surface area contributed by atoms with Crippen molar-refractivity contribution < 1.29 is 0 Å². The highest BCUT2D eigenvalue weighted by molar-refractivity contribution is 5.22. The van der Waals surface area contributed by atoms with Gasteiger partial charge in [-0.1, -0.05) is 51.0 Å². The van der Waals surface area contributed by atoms with E-state index >= 15 is 0 Å². The van der Waals surface area contributed by atoms with Crippen molar-refractivity contribution in [3.63, 3.8) is 0 Å². The van der Waals surface area contributed by atoms with E-state index in [0.29, 0.717) is 12.0 Å². The average molecular weight is 233 g/mol. The normalized spacial score (nSPS) is 19.8. The maximum Gasteiger partial charge on any atom is 0.0258 e. The van der Waals surface area contributed by atoms with Crippen molar-refractivity contribution in [2.45, 2.75) is 58.9 Å². The predicted molar refractivity (Wildman–Crippen MR) is 76.9 cm³/mol. The van der Waals surface area contributed by atoms with Gasteiger partial charge in [-0.2, -0.15) is 0 Å². The van der Waals surface area contributed by atoms with E-state index in [9.17, 15) is 0 Å².